The first kappa shape index (κ1) is 20.7. The first-order valence-corrected chi connectivity index (χ1v) is 9.03. The smallest absolute Gasteiger partial charge is 0.191 e. The molecule has 1 unspecified atom stereocenters. The monoisotopic (exact) mass is 372 g/mol. The fourth-order valence-electron chi connectivity index (χ4n) is 2.86. The molecule has 0 fully saturated rings. The quantitative estimate of drug-likeness (QED) is 0.553. The lowest BCUT2D eigenvalue weighted by Crippen LogP contribution is -2.42. The van der Waals surface area contributed by atoms with E-state index >= 15 is 0 Å². The van der Waals surface area contributed by atoms with Crippen molar-refractivity contribution in [3.8, 4) is 5.75 Å². The summed E-state index contributed by atoms with van der Waals surface area (Å²) in [6.07, 6.45) is 0.730. The summed E-state index contributed by atoms with van der Waals surface area (Å²) in [5.74, 6) is 1.37. The van der Waals surface area contributed by atoms with Gasteiger partial charge in [0.25, 0.3) is 0 Å². The second kappa shape index (κ2) is 10.5. The van der Waals surface area contributed by atoms with Gasteiger partial charge < -0.3 is 20.3 Å². The number of aliphatic imine (C=N–C) groups is 1. The van der Waals surface area contributed by atoms with Crippen LogP contribution in [0.3, 0.4) is 0 Å². The first-order valence-electron chi connectivity index (χ1n) is 9.03. The van der Waals surface area contributed by atoms with Crippen LogP contribution in [0.25, 0.3) is 0 Å². The molecule has 0 aliphatic heterocycles. The number of likely N-dealkylation sites (N-methyl/N-ethyl adjacent to an activating group) is 1. The number of nitrogens with one attached hydrogen (secondary N) is 2. The van der Waals surface area contributed by atoms with E-state index < -0.39 is 0 Å². The molecule has 0 heterocycles. The molecule has 0 spiro atoms. The number of hydrogen-bond donors (Lipinski definition) is 2. The van der Waals surface area contributed by atoms with Crippen LogP contribution in [0.4, 0.5) is 4.39 Å². The molecule has 2 aromatic carbocycles. The molecule has 0 aliphatic carbocycles. The van der Waals surface area contributed by atoms with Crippen LogP contribution in [0.2, 0.25) is 0 Å². The number of guanidine groups is 1. The molecule has 2 aromatic rings. The van der Waals surface area contributed by atoms with E-state index in [1.54, 1.807) is 26.3 Å². The summed E-state index contributed by atoms with van der Waals surface area (Å²) in [6, 6.07) is 15.0. The molecule has 0 saturated heterocycles. The SMILES string of the molecule is CN=C(NCCc1cccc(F)c1)NCC(c1ccc(OC)cc1)N(C)C. The van der Waals surface area contributed by atoms with Gasteiger partial charge in [-0.1, -0.05) is 24.3 Å². The van der Waals surface area contributed by atoms with E-state index in [9.17, 15) is 4.39 Å². The van der Waals surface area contributed by atoms with Crippen molar-refractivity contribution >= 4 is 5.96 Å². The molecule has 6 heteroatoms. The number of benzene rings is 2. The maximum Gasteiger partial charge on any atom is 0.191 e. The number of ether oxygens (including phenoxy) is 1. The van der Waals surface area contributed by atoms with E-state index in [2.05, 4.69) is 46.8 Å². The molecule has 27 heavy (non-hydrogen) atoms. The fourth-order valence-corrected chi connectivity index (χ4v) is 2.86. The van der Waals surface area contributed by atoms with Crippen LogP contribution in [0.5, 0.6) is 5.75 Å². The Hall–Kier alpha value is -2.60. The highest BCUT2D eigenvalue weighted by molar-refractivity contribution is 5.79. The van der Waals surface area contributed by atoms with Crippen molar-refractivity contribution in [2.75, 3.05) is 41.3 Å². The van der Waals surface area contributed by atoms with Crippen molar-refractivity contribution in [2.45, 2.75) is 12.5 Å². The van der Waals surface area contributed by atoms with Crippen LogP contribution in [-0.2, 0) is 6.42 Å². The normalized spacial score (nSPS) is 12.7. The van der Waals surface area contributed by atoms with E-state index in [0.29, 0.717) is 13.1 Å². The van der Waals surface area contributed by atoms with E-state index in [1.807, 2.05) is 18.2 Å². The lowest BCUT2D eigenvalue weighted by atomic mass is 10.1. The lowest BCUT2D eigenvalue weighted by Gasteiger charge is -2.26. The second-order valence-corrected chi connectivity index (χ2v) is 6.51. The van der Waals surface area contributed by atoms with E-state index in [-0.39, 0.29) is 11.9 Å². The summed E-state index contributed by atoms with van der Waals surface area (Å²) in [5.41, 5.74) is 2.16. The van der Waals surface area contributed by atoms with Crippen molar-refractivity contribution in [1.29, 1.82) is 0 Å². The number of halogens is 1. The van der Waals surface area contributed by atoms with Gasteiger partial charge in [0.2, 0.25) is 0 Å². The molecule has 0 saturated carbocycles. The number of rotatable bonds is 8. The molecule has 5 nitrogen and oxygen atoms in total. The Balaban J connectivity index is 1.88. The van der Waals surface area contributed by atoms with Gasteiger partial charge in [-0.15, -0.1) is 0 Å². The zero-order valence-corrected chi connectivity index (χ0v) is 16.5. The van der Waals surface area contributed by atoms with Crippen LogP contribution < -0.4 is 15.4 Å². The molecule has 0 amide bonds. The Labute approximate surface area is 161 Å². The highest BCUT2D eigenvalue weighted by Gasteiger charge is 2.14. The Bertz CT molecular complexity index is 731. The number of nitrogens with zero attached hydrogens (tertiary/aromatic N) is 2. The van der Waals surface area contributed by atoms with Crippen LogP contribution in [-0.4, -0.2) is 52.2 Å². The Morgan fingerprint density at radius 2 is 1.89 bits per heavy atom. The van der Waals surface area contributed by atoms with E-state index in [1.165, 1.54) is 11.6 Å². The number of methoxy groups -OCH3 is 1. The van der Waals surface area contributed by atoms with Gasteiger partial charge >= 0.3 is 0 Å². The minimum Gasteiger partial charge on any atom is -0.497 e. The maximum atomic E-state index is 13.2. The Kier molecular flexibility index (Phi) is 8.07. The summed E-state index contributed by atoms with van der Waals surface area (Å²) < 4.78 is 18.5. The van der Waals surface area contributed by atoms with Crippen molar-refractivity contribution in [1.82, 2.24) is 15.5 Å². The highest BCUT2D eigenvalue weighted by atomic mass is 19.1. The summed E-state index contributed by atoms with van der Waals surface area (Å²) in [4.78, 5) is 6.43. The summed E-state index contributed by atoms with van der Waals surface area (Å²) in [7, 11) is 7.52. The van der Waals surface area contributed by atoms with Crippen molar-refractivity contribution in [3.05, 3.63) is 65.5 Å². The van der Waals surface area contributed by atoms with E-state index in [0.717, 1.165) is 23.7 Å². The molecule has 0 bridgehead atoms. The number of hydrogen-bond acceptors (Lipinski definition) is 3. The van der Waals surface area contributed by atoms with Gasteiger partial charge in [0.1, 0.15) is 11.6 Å². The molecule has 1 atom stereocenters. The van der Waals surface area contributed by atoms with Crippen LogP contribution in [0.15, 0.2) is 53.5 Å². The van der Waals surface area contributed by atoms with Gasteiger partial charge in [0, 0.05) is 20.1 Å². The molecule has 2 rings (SSSR count). The summed E-state index contributed by atoms with van der Waals surface area (Å²) in [6.45, 7) is 1.39. The predicted molar refractivity (Wildman–Crippen MR) is 109 cm³/mol. The molecule has 2 N–H and O–H groups in total. The van der Waals surface area contributed by atoms with Crippen LogP contribution in [0, 0.1) is 5.82 Å². The zero-order valence-electron chi connectivity index (χ0n) is 16.5. The topological polar surface area (TPSA) is 48.9 Å². The van der Waals surface area contributed by atoms with Gasteiger partial charge in [-0.3, -0.25) is 4.99 Å². The van der Waals surface area contributed by atoms with Gasteiger partial charge in [-0.25, -0.2) is 4.39 Å². The zero-order chi connectivity index (χ0) is 19.6. The summed E-state index contributed by atoms with van der Waals surface area (Å²) in [5, 5.41) is 6.65. The molecular weight excluding hydrogens is 343 g/mol. The third-order valence-corrected chi connectivity index (χ3v) is 4.41. The molecule has 0 radical (unpaired) electrons. The first-order chi connectivity index (χ1) is 13.0. The second-order valence-electron chi connectivity index (χ2n) is 6.51. The predicted octanol–water partition coefficient (Wildman–Crippen LogP) is 2.84. The molecule has 146 valence electrons. The van der Waals surface area contributed by atoms with Crippen LogP contribution in [0.1, 0.15) is 17.2 Å². The highest BCUT2D eigenvalue weighted by Crippen LogP contribution is 2.20. The molecule has 0 aliphatic rings. The average Bonchev–Trinajstić information content (AvgIpc) is 2.67. The Morgan fingerprint density at radius 3 is 2.48 bits per heavy atom. The van der Waals surface area contributed by atoms with Gasteiger partial charge in [0.15, 0.2) is 5.96 Å². The van der Waals surface area contributed by atoms with E-state index in [4.69, 9.17) is 4.74 Å². The minimum absolute atomic E-state index is 0.192. The van der Waals surface area contributed by atoms with Crippen molar-refractivity contribution in [2.24, 2.45) is 4.99 Å². The summed E-state index contributed by atoms with van der Waals surface area (Å²) >= 11 is 0. The molecule has 0 aromatic heterocycles. The minimum atomic E-state index is -0.205. The fraction of sp³-hybridized carbons (Fsp3) is 0.381. The average molecular weight is 372 g/mol. The maximum absolute atomic E-state index is 13.2. The van der Waals surface area contributed by atoms with Gasteiger partial charge in [0.05, 0.1) is 13.2 Å². The standard InChI is InChI=1S/C21H29FN4O/c1-23-21(24-13-12-16-6-5-7-18(22)14-16)25-15-20(26(2)3)17-8-10-19(27-4)11-9-17/h5-11,14,20H,12-13,15H2,1-4H3,(H2,23,24,25). The van der Waals surface area contributed by atoms with Gasteiger partial charge in [-0.05, 0) is 55.9 Å². The largest absolute Gasteiger partial charge is 0.497 e. The van der Waals surface area contributed by atoms with Crippen LogP contribution >= 0.6 is 0 Å². The molecular formula is C21H29FN4O. The lowest BCUT2D eigenvalue weighted by molar-refractivity contribution is 0.298. The third kappa shape index (κ3) is 6.57. The van der Waals surface area contributed by atoms with Gasteiger partial charge in [-0.2, -0.15) is 0 Å². The third-order valence-electron chi connectivity index (χ3n) is 4.41. The Morgan fingerprint density at radius 1 is 1.15 bits per heavy atom. The van der Waals surface area contributed by atoms with Crippen molar-refractivity contribution < 1.29 is 9.13 Å². The van der Waals surface area contributed by atoms with Crippen molar-refractivity contribution in [3.63, 3.8) is 0 Å².